The Hall–Kier alpha value is -2.85. The molecule has 0 bridgehead atoms. The number of carbonyl (C=O) groups excluding carboxylic acids is 1. The normalized spacial score (nSPS) is 10.3. The summed E-state index contributed by atoms with van der Waals surface area (Å²) < 4.78 is 0. The van der Waals surface area contributed by atoms with Gasteiger partial charge in [0, 0.05) is 19.8 Å². The molecule has 0 fully saturated rings. The molecule has 2 aromatic carbocycles. The van der Waals surface area contributed by atoms with E-state index >= 15 is 0 Å². The van der Waals surface area contributed by atoms with Crippen molar-refractivity contribution in [2.75, 3.05) is 17.3 Å². The van der Waals surface area contributed by atoms with Gasteiger partial charge in [-0.2, -0.15) is 0 Å². The summed E-state index contributed by atoms with van der Waals surface area (Å²) in [6, 6.07) is 21.2. The predicted octanol–water partition coefficient (Wildman–Crippen LogP) is 4.62. The lowest BCUT2D eigenvalue weighted by atomic mass is 10.2. The summed E-state index contributed by atoms with van der Waals surface area (Å²) >= 11 is 5.77. The molecule has 1 heterocycles. The van der Waals surface area contributed by atoms with Gasteiger partial charge in [-0.3, -0.25) is 4.79 Å². The van der Waals surface area contributed by atoms with Crippen molar-refractivity contribution in [3.63, 3.8) is 0 Å². The molecule has 1 aromatic heterocycles. The maximum Gasteiger partial charge on any atom is 0.257 e. The summed E-state index contributed by atoms with van der Waals surface area (Å²) in [6.07, 6.45) is 1.47. The number of anilines is 2. The molecule has 0 aliphatic heterocycles. The third kappa shape index (κ3) is 4.37. The summed E-state index contributed by atoms with van der Waals surface area (Å²) in [4.78, 5) is 18.5. The largest absolute Gasteiger partial charge is 0.369 e. The van der Waals surface area contributed by atoms with Gasteiger partial charge in [0.05, 0.1) is 16.9 Å². The maximum atomic E-state index is 12.4. The number of hydrogen-bond donors (Lipinski definition) is 1. The van der Waals surface area contributed by atoms with Crippen LogP contribution in [0.3, 0.4) is 0 Å². The molecule has 0 aliphatic rings. The van der Waals surface area contributed by atoms with Crippen LogP contribution in [0, 0.1) is 0 Å². The van der Waals surface area contributed by atoms with Crippen LogP contribution in [0.5, 0.6) is 0 Å². The predicted molar refractivity (Wildman–Crippen MR) is 102 cm³/mol. The molecule has 1 amide bonds. The molecule has 3 rings (SSSR count). The van der Waals surface area contributed by atoms with E-state index in [2.05, 4.69) is 27.3 Å². The molecule has 0 spiro atoms. The van der Waals surface area contributed by atoms with E-state index in [1.165, 1.54) is 11.8 Å². The van der Waals surface area contributed by atoms with Gasteiger partial charge in [0.25, 0.3) is 5.91 Å². The number of halogens is 1. The molecule has 0 saturated carbocycles. The molecular weight excluding hydrogens is 334 g/mol. The lowest BCUT2D eigenvalue weighted by molar-refractivity contribution is 0.102. The highest BCUT2D eigenvalue weighted by Crippen LogP contribution is 2.26. The van der Waals surface area contributed by atoms with Crippen molar-refractivity contribution in [2.24, 2.45) is 0 Å². The summed E-state index contributed by atoms with van der Waals surface area (Å²) in [5, 5.41) is 3.31. The fourth-order valence-corrected chi connectivity index (χ4v) is 2.67. The standard InChI is InChI=1S/C20H18ClN3O/c1-24(14-15-7-3-2-4-8-15)18-10-6-5-9-17(18)23-20(25)16-11-12-19(21)22-13-16/h2-13H,14H2,1H3,(H,23,25). The Morgan fingerprint density at radius 3 is 2.48 bits per heavy atom. The van der Waals surface area contributed by atoms with Gasteiger partial charge < -0.3 is 10.2 Å². The molecule has 0 unspecified atom stereocenters. The number of nitrogens with one attached hydrogen (secondary N) is 1. The second-order valence-electron chi connectivity index (χ2n) is 5.68. The minimum Gasteiger partial charge on any atom is -0.369 e. The fourth-order valence-electron chi connectivity index (χ4n) is 2.56. The zero-order chi connectivity index (χ0) is 17.6. The monoisotopic (exact) mass is 351 g/mol. The van der Waals surface area contributed by atoms with Gasteiger partial charge in [-0.15, -0.1) is 0 Å². The quantitative estimate of drug-likeness (QED) is 0.682. The fraction of sp³-hybridized carbons (Fsp3) is 0.100. The Morgan fingerprint density at radius 1 is 1.04 bits per heavy atom. The Morgan fingerprint density at radius 2 is 1.76 bits per heavy atom. The summed E-state index contributed by atoms with van der Waals surface area (Å²) in [5.74, 6) is -0.218. The smallest absolute Gasteiger partial charge is 0.257 e. The average molecular weight is 352 g/mol. The molecule has 0 radical (unpaired) electrons. The minimum atomic E-state index is -0.218. The number of amides is 1. The van der Waals surface area contributed by atoms with E-state index in [0.29, 0.717) is 10.7 Å². The maximum absolute atomic E-state index is 12.4. The number of rotatable bonds is 5. The van der Waals surface area contributed by atoms with Gasteiger partial charge in [0.15, 0.2) is 0 Å². The number of aromatic nitrogens is 1. The number of nitrogens with zero attached hydrogens (tertiary/aromatic N) is 2. The van der Waals surface area contributed by atoms with Crippen LogP contribution in [0.1, 0.15) is 15.9 Å². The van der Waals surface area contributed by atoms with Crippen molar-refractivity contribution in [2.45, 2.75) is 6.54 Å². The molecule has 1 N–H and O–H groups in total. The van der Waals surface area contributed by atoms with Crippen molar-refractivity contribution in [3.05, 3.63) is 89.2 Å². The van der Waals surface area contributed by atoms with Crippen LogP contribution in [0.2, 0.25) is 5.15 Å². The SMILES string of the molecule is CN(Cc1ccccc1)c1ccccc1NC(=O)c1ccc(Cl)nc1. The molecular formula is C20H18ClN3O. The van der Waals surface area contributed by atoms with Crippen LogP contribution in [0.25, 0.3) is 0 Å². The molecule has 3 aromatic rings. The molecule has 0 atom stereocenters. The zero-order valence-corrected chi connectivity index (χ0v) is 14.6. The van der Waals surface area contributed by atoms with Crippen molar-refractivity contribution < 1.29 is 4.79 Å². The number of pyridine rings is 1. The van der Waals surface area contributed by atoms with E-state index in [-0.39, 0.29) is 5.91 Å². The van der Waals surface area contributed by atoms with Crippen LogP contribution in [-0.4, -0.2) is 17.9 Å². The van der Waals surface area contributed by atoms with Gasteiger partial charge in [0.2, 0.25) is 0 Å². The van der Waals surface area contributed by atoms with Crippen molar-refractivity contribution in [3.8, 4) is 0 Å². The Labute approximate surface area is 152 Å². The van der Waals surface area contributed by atoms with Gasteiger partial charge in [0.1, 0.15) is 5.15 Å². The van der Waals surface area contributed by atoms with Gasteiger partial charge in [-0.05, 0) is 29.8 Å². The van der Waals surface area contributed by atoms with Crippen LogP contribution >= 0.6 is 11.6 Å². The first-order chi connectivity index (χ1) is 12.1. The van der Waals surface area contributed by atoms with E-state index in [1.54, 1.807) is 12.1 Å². The van der Waals surface area contributed by atoms with Gasteiger partial charge in [-0.1, -0.05) is 54.1 Å². The number of benzene rings is 2. The van der Waals surface area contributed by atoms with Crippen molar-refractivity contribution in [1.82, 2.24) is 4.98 Å². The van der Waals surface area contributed by atoms with Crippen LogP contribution < -0.4 is 10.2 Å². The average Bonchev–Trinajstić information content (AvgIpc) is 2.63. The van der Waals surface area contributed by atoms with Crippen LogP contribution in [0.4, 0.5) is 11.4 Å². The first-order valence-electron chi connectivity index (χ1n) is 7.90. The lowest BCUT2D eigenvalue weighted by Crippen LogP contribution is -2.20. The summed E-state index contributed by atoms with van der Waals surface area (Å²) in [6.45, 7) is 0.746. The highest BCUT2D eigenvalue weighted by Gasteiger charge is 2.12. The molecule has 0 saturated heterocycles. The first-order valence-corrected chi connectivity index (χ1v) is 8.28. The third-order valence-electron chi connectivity index (χ3n) is 3.82. The first kappa shape index (κ1) is 17.0. The van der Waals surface area contributed by atoms with Crippen LogP contribution in [0.15, 0.2) is 72.9 Å². The topological polar surface area (TPSA) is 45.2 Å². The molecule has 5 heteroatoms. The van der Waals surface area contributed by atoms with Crippen LogP contribution in [-0.2, 0) is 6.54 Å². The Balaban J connectivity index is 1.78. The number of carbonyl (C=O) groups is 1. The lowest BCUT2D eigenvalue weighted by Gasteiger charge is -2.22. The van der Waals surface area contributed by atoms with Gasteiger partial charge >= 0.3 is 0 Å². The van der Waals surface area contributed by atoms with E-state index in [4.69, 9.17) is 11.6 Å². The summed E-state index contributed by atoms with van der Waals surface area (Å²) in [5.41, 5.74) is 3.36. The Kier molecular flexibility index (Phi) is 5.31. The van der Waals surface area contributed by atoms with E-state index < -0.39 is 0 Å². The minimum absolute atomic E-state index is 0.218. The molecule has 0 aliphatic carbocycles. The highest BCUT2D eigenvalue weighted by molar-refractivity contribution is 6.29. The second-order valence-corrected chi connectivity index (χ2v) is 6.07. The van der Waals surface area contributed by atoms with E-state index in [0.717, 1.165) is 17.9 Å². The third-order valence-corrected chi connectivity index (χ3v) is 4.04. The van der Waals surface area contributed by atoms with Crippen molar-refractivity contribution >= 4 is 28.9 Å². The van der Waals surface area contributed by atoms with Crippen molar-refractivity contribution in [1.29, 1.82) is 0 Å². The number of para-hydroxylation sites is 2. The Bertz CT molecular complexity index is 850. The van der Waals surface area contributed by atoms with E-state index in [1.807, 2.05) is 49.5 Å². The zero-order valence-electron chi connectivity index (χ0n) is 13.8. The highest BCUT2D eigenvalue weighted by atomic mass is 35.5. The summed E-state index contributed by atoms with van der Waals surface area (Å²) in [7, 11) is 2.00. The van der Waals surface area contributed by atoms with E-state index in [9.17, 15) is 4.79 Å². The van der Waals surface area contributed by atoms with Gasteiger partial charge in [-0.25, -0.2) is 4.98 Å². The number of hydrogen-bond acceptors (Lipinski definition) is 3. The molecule has 25 heavy (non-hydrogen) atoms. The molecule has 4 nitrogen and oxygen atoms in total. The second kappa shape index (κ2) is 7.81. The molecule has 126 valence electrons.